The number of methoxy groups -OCH3 is 1. The summed E-state index contributed by atoms with van der Waals surface area (Å²) in [5.41, 5.74) is 5.50. The van der Waals surface area contributed by atoms with Gasteiger partial charge < -0.3 is 19.0 Å². The van der Waals surface area contributed by atoms with Gasteiger partial charge in [-0.2, -0.15) is 0 Å². The van der Waals surface area contributed by atoms with E-state index in [1.807, 2.05) is 6.92 Å². The normalized spacial score (nSPS) is 15.7. The third-order valence-electron chi connectivity index (χ3n) is 6.54. The van der Waals surface area contributed by atoms with Crippen molar-refractivity contribution < 1.29 is 23.8 Å². The number of hydrogen-bond acceptors (Lipinski definition) is 4. The van der Waals surface area contributed by atoms with E-state index < -0.39 is 20.2 Å². The van der Waals surface area contributed by atoms with Crippen LogP contribution in [-0.2, 0) is 29.2 Å². The molecular weight excluding hydrogens is 396 g/mol. The molecule has 1 N–H and O–H groups in total. The van der Waals surface area contributed by atoms with E-state index in [9.17, 15) is 9.90 Å². The molecule has 1 aromatic carbocycles. The van der Waals surface area contributed by atoms with Crippen LogP contribution in [0.3, 0.4) is 0 Å². The molecule has 30 heavy (non-hydrogen) atoms. The molecule has 1 atom stereocenters. The third-order valence-corrected chi connectivity index (χ3v) is 10.9. The van der Waals surface area contributed by atoms with E-state index in [0.717, 1.165) is 33.8 Å². The highest BCUT2D eigenvalue weighted by molar-refractivity contribution is 6.74. The van der Waals surface area contributed by atoms with Crippen LogP contribution < -0.4 is 9.16 Å². The van der Waals surface area contributed by atoms with Crippen LogP contribution in [0.15, 0.2) is 11.6 Å². The van der Waals surface area contributed by atoms with Crippen LogP contribution in [-0.4, -0.2) is 26.5 Å². The van der Waals surface area contributed by atoms with Gasteiger partial charge in [0.25, 0.3) is 8.32 Å². The summed E-state index contributed by atoms with van der Waals surface area (Å²) in [4.78, 5) is 11.2. The molecule has 0 aliphatic carbocycles. The summed E-state index contributed by atoms with van der Waals surface area (Å²) in [6.07, 6.45) is 3.28. The van der Waals surface area contributed by atoms with Gasteiger partial charge in [-0.3, -0.25) is 4.79 Å². The highest BCUT2D eigenvalue weighted by atomic mass is 28.4. The molecule has 0 fully saturated rings. The quantitative estimate of drug-likeness (QED) is 0.400. The smallest absolute Gasteiger partial charge is 0.306 e. The van der Waals surface area contributed by atoms with Crippen molar-refractivity contribution in [2.24, 2.45) is 5.92 Å². The average Bonchev–Trinajstić information content (AvgIpc) is 3.11. The van der Waals surface area contributed by atoms with Crippen molar-refractivity contribution >= 4 is 14.3 Å². The molecule has 1 heterocycles. The zero-order chi connectivity index (χ0) is 22.9. The van der Waals surface area contributed by atoms with Crippen molar-refractivity contribution in [1.29, 1.82) is 0 Å². The number of ether oxygens (including phenoxy) is 2. The van der Waals surface area contributed by atoms with Crippen molar-refractivity contribution in [3.05, 3.63) is 33.9 Å². The Balaban J connectivity index is 2.55. The number of benzene rings is 1. The van der Waals surface area contributed by atoms with E-state index in [-0.39, 0.29) is 5.04 Å². The first-order valence-corrected chi connectivity index (χ1v) is 13.6. The van der Waals surface area contributed by atoms with Crippen molar-refractivity contribution in [2.45, 2.75) is 85.7 Å². The Morgan fingerprint density at radius 3 is 2.37 bits per heavy atom. The summed E-state index contributed by atoms with van der Waals surface area (Å²) < 4.78 is 18.5. The van der Waals surface area contributed by atoms with Crippen molar-refractivity contribution in [3.8, 4) is 11.5 Å². The minimum atomic E-state index is -2.08. The Kier molecular flexibility index (Phi) is 7.46. The highest BCUT2D eigenvalue weighted by Crippen LogP contribution is 2.46. The molecule has 0 saturated heterocycles. The molecule has 1 unspecified atom stereocenters. The van der Waals surface area contributed by atoms with Crippen LogP contribution >= 0.6 is 0 Å². The molecule has 168 valence electrons. The van der Waals surface area contributed by atoms with Crippen molar-refractivity contribution in [3.63, 3.8) is 0 Å². The van der Waals surface area contributed by atoms with E-state index in [0.29, 0.717) is 26.1 Å². The first-order valence-electron chi connectivity index (χ1n) is 10.7. The van der Waals surface area contributed by atoms with Crippen LogP contribution in [0.2, 0.25) is 18.1 Å². The second kappa shape index (κ2) is 9.14. The number of hydrogen-bond donors (Lipinski definition) is 1. The van der Waals surface area contributed by atoms with Crippen LogP contribution in [0.1, 0.15) is 63.3 Å². The summed E-state index contributed by atoms with van der Waals surface area (Å²) in [6, 6.07) is 0. The molecule has 0 saturated carbocycles. The van der Waals surface area contributed by atoms with E-state index in [4.69, 9.17) is 13.9 Å². The van der Waals surface area contributed by atoms with Gasteiger partial charge >= 0.3 is 5.97 Å². The number of carbonyl (C=O) groups is 1. The molecule has 0 aromatic heterocycles. The maximum atomic E-state index is 11.2. The first kappa shape index (κ1) is 24.5. The Morgan fingerprint density at radius 1 is 1.23 bits per heavy atom. The standard InChI is InChI=1S/C24H38O5Si/c1-15(12-16(2)23(25)26)10-11-18-21(27-7)17(3)19-13-28-14-20(19)22(18)29-30(8,9)24(4,5)6/h10,16H,11-14H2,1-9H3,(H,25,26). The lowest BCUT2D eigenvalue weighted by Crippen LogP contribution is -2.44. The van der Waals surface area contributed by atoms with Crippen LogP contribution in [0.5, 0.6) is 11.5 Å². The Labute approximate surface area is 182 Å². The number of carboxylic acid groups (broad SMARTS) is 1. The van der Waals surface area contributed by atoms with Gasteiger partial charge in [-0.05, 0) is 55.9 Å². The Bertz CT molecular complexity index is 833. The summed E-state index contributed by atoms with van der Waals surface area (Å²) >= 11 is 0. The van der Waals surface area contributed by atoms with Crippen LogP contribution in [0, 0.1) is 12.8 Å². The van der Waals surface area contributed by atoms with E-state index in [1.54, 1.807) is 14.0 Å². The lowest BCUT2D eigenvalue weighted by molar-refractivity contribution is -0.141. The largest absolute Gasteiger partial charge is 0.543 e. The number of fused-ring (bicyclic) bond motifs is 1. The molecule has 0 amide bonds. The maximum Gasteiger partial charge on any atom is 0.306 e. The zero-order valence-corrected chi connectivity index (χ0v) is 21.1. The predicted octanol–water partition coefficient (Wildman–Crippen LogP) is 6.02. The first-order chi connectivity index (χ1) is 13.8. The maximum absolute atomic E-state index is 11.2. The van der Waals surface area contributed by atoms with Gasteiger partial charge in [-0.25, -0.2) is 0 Å². The summed E-state index contributed by atoms with van der Waals surface area (Å²) in [7, 11) is -0.378. The fraction of sp³-hybridized carbons (Fsp3) is 0.625. The summed E-state index contributed by atoms with van der Waals surface area (Å²) in [5, 5.41) is 9.28. The predicted molar refractivity (Wildman–Crippen MR) is 123 cm³/mol. The van der Waals surface area contributed by atoms with Gasteiger partial charge in [0, 0.05) is 11.1 Å². The lowest BCUT2D eigenvalue weighted by atomic mass is 9.94. The molecule has 1 aliphatic heterocycles. The Hall–Kier alpha value is -1.79. The van der Waals surface area contributed by atoms with Crippen molar-refractivity contribution in [1.82, 2.24) is 0 Å². The minimum Gasteiger partial charge on any atom is -0.543 e. The third kappa shape index (κ3) is 5.09. The SMILES string of the molecule is COc1c(C)c2c(c(O[Si](C)(C)C(C)(C)C)c1CC=C(C)CC(C)C(=O)O)COC2. The monoisotopic (exact) mass is 434 g/mol. The molecule has 0 radical (unpaired) electrons. The number of rotatable bonds is 8. The average molecular weight is 435 g/mol. The van der Waals surface area contributed by atoms with Crippen molar-refractivity contribution in [2.75, 3.05) is 7.11 Å². The summed E-state index contributed by atoms with van der Waals surface area (Å²) in [5.74, 6) is 0.587. The topological polar surface area (TPSA) is 65.0 Å². The molecule has 1 aromatic rings. The van der Waals surface area contributed by atoms with Gasteiger partial charge in [0.2, 0.25) is 0 Å². The molecule has 0 spiro atoms. The second-order valence-electron chi connectivity index (χ2n) is 9.98. The van der Waals surface area contributed by atoms with Gasteiger partial charge in [-0.1, -0.05) is 39.3 Å². The number of allylic oxidation sites excluding steroid dienone is 2. The highest BCUT2D eigenvalue weighted by Gasteiger charge is 2.41. The van der Waals surface area contributed by atoms with Crippen LogP contribution in [0.4, 0.5) is 0 Å². The van der Waals surface area contributed by atoms with Crippen LogP contribution in [0.25, 0.3) is 0 Å². The minimum absolute atomic E-state index is 0.0669. The molecule has 6 heteroatoms. The number of aliphatic carboxylic acids is 1. The fourth-order valence-electron chi connectivity index (χ4n) is 3.54. The van der Waals surface area contributed by atoms with E-state index in [2.05, 4.69) is 46.9 Å². The van der Waals surface area contributed by atoms with Gasteiger partial charge in [0.15, 0.2) is 0 Å². The molecule has 0 bridgehead atoms. The number of carboxylic acids is 1. The Morgan fingerprint density at radius 2 is 1.83 bits per heavy atom. The van der Waals surface area contributed by atoms with Gasteiger partial charge in [0.05, 0.1) is 26.2 Å². The molecule has 5 nitrogen and oxygen atoms in total. The van der Waals surface area contributed by atoms with E-state index >= 15 is 0 Å². The van der Waals surface area contributed by atoms with Gasteiger partial charge in [0.1, 0.15) is 11.5 Å². The summed E-state index contributed by atoms with van der Waals surface area (Å²) in [6.45, 7) is 18.1. The molecule has 2 rings (SSSR count). The van der Waals surface area contributed by atoms with Gasteiger partial charge in [-0.15, -0.1) is 0 Å². The lowest BCUT2D eigenvalue weighted by Gasteiger charge is -2.38. The zero-order valence-electron chi connectivity index (χ0n) is 20.1. The molecule has 1 aliphatic rings. The van der Waals surface area contributed by atoms with E-state index in [1.165, 1.54) is 5.56 Å². The fourth-order valence-corrected chi connectivity index (χ4v) is 4.60. The molecular formula is C24H38O5Si. The second-order valence-corrected chi connectivity index (χ2v) is 14.7.